The standard InChI is InChI=1S/C23H27N3O/c27-22-17-23(19-26(22)14-6-9-20-7-2-1-3-8-20)11-15-25(16-12-23)18-21-10-4-5-13-24-21/h1-10,13H,11-12,14-19H2/b9-6+. The smallest absolute Gasteiger partial charge is 0.223 e. The van der Waals surface area contributed by atoms with Crippen LogP contribution in [0.3, 0.4) is 0 Å². The van der Waals surface area contributed by atoms with Gasteiger partial charge >= 0.3 is 0 Å². The fourth-order valence-electron chi connectivity index (χ4n) is 4.27. The number of likely N-dealkylation sites (tertiary alicyclic amines) is 2. The van der Waals surface area contributed by atoms with E-state index in [0.29, 0.717) is 18.9 Å². The molecule has 0 radical (unpaired) electrons. The van der Waals surface area contributed by atoms with Gasteiger partial charge in [-0.05, 0) is 49.0 Å². The highest BCUT2D eigenvalue weighted by Gasteiger charge is 2.44. The van der Waals surface area contributed by atoms with Gasteiger partial charge in [0.1, 0.15) is 0 Å². The van der Waals surface area contributed by atoms with Gasteiger partial charge in [-0.25, -0.2) is 0 Å². The molecule has 0 unspecified atom stereocenters. The molecule has 1 spiro atoms. The van der Waals surface area contributed by atoms with Crippen LogP contribution in [0.25, 0.3) is 6.08 Å². The van der Waals surface area contributed by atoms with Crippen LogP contribution < -0.4 is 0 Å². The van der Waals surface area contributed by atoms with E-state index >= 15 is 0 Å². The van der Waals surface area contributed by atoms with Crippen molar-refractivity contribution in [3.63, 3.8) is 0 Å². The lowest BCUT2D eigenvalue weighted by Gasteiger charge is -2.38. The van der Waals surface area contributed by atoms with E-state index in [-0.39, 0.29) is 5.41 Å². The lowest BCUT2D eigenvalue weighted by Crippen LogP contribution is -2.41. The molecule has 0 N–H and O–H groups in total. The van der Waals surface area contributed by atoms with Crippen LogP contribution in [-0.2, 0) is 11.3 Å². The SMILES string of the molecule is O=C1CC2(CCN(Cc3ccccn3)CC2)CN1C/C=C/c1ccccc1. The van der Waals surface area contributed by atoms with E-state index in [9.17, 15) is 4.79 Å². The number of hydrogen-bond donors (Lipinski definition) is 0. The molecule has 1 aromatic heterocycles. The largest absolute Gasteiger partial charge is 0.338 e. The Kier molecular flexibility index (Phi) is 5.35. The normalized spacial score (nSPS) is 20.0. The van der Waals surface area contributed by atoms with Crippen molar-refractivity contribution in [3.8, 4) is 0 Å². The van der Waals surface area contributed by atoms with Crippen LogP contribution in [0.15, 0.2) is 60.8 Å². The van der Waals surface area contributed by atoms with Gasteiger partial charge in [0.15, 0.2) is 0 Å². The maximum absolute atomic E-state index is 12.5. The second-order valence-corrected chi connectivity index (χ2v) is 7.86. The summed E-state index contributed by atoms with van der Waals surface area (Å²) in [6.45, 7) is 4.64. The van der Waals surface area contributed by atoms with Crippen molar-refractivity contribution in [1.82, 2.24) is 14.8 Å². The molecule has 0 atom stereocenters. The van der Waals surface area contributed by atoms with E-state index in [0.717, 1.165) is 44.7 Å². The van der Waals surface area contributed by atoms with Crippen molar-refractivity contribution in [1.29, 1.82) is 0 Å². The van der Waals surface area contributed by atoms with Crippen LogP contribution in [0.2, 0.25) is 0 Å². The number of hydrogen-bond acceptors (Lipinski definition) is 3. The van der Waals surface area contributed by atoms with Gasteiger partial charge in [0, 0.05) is 32.3 Å². The van der Waals surface area contributed by atoms with Crippen molar-refractivity contribution < 1.29 is 4.79 Å². The zero-order valence-electron chi connectivity index (χ0n) is 15.8. The Balaban J connectivity index is 1.29. The molecule has 4 nitrogen and oxygen atoms in total. The lowest BCUT2D eigenvalue weighted by molar-refractivity contribution is -0.127. The quantitative estimate of drug-likeness (QED) is 0.816. The molecule has 4 heteroatoms. The number of carbonyl (C=O) groups excluding carboxylic acids is 1. The number of aromatic nitrogens is 1. The first-order chi connectivity index (χ1) is 13.2. The van der Waals surface area contributed by atoms with E-state index in [2.05, 4.69) is 40.2 Å². The Labute approximate surface area is 161 Å². The third-order valence-corrected chi connectivity index (χ3v) is 5.87. The molecule has 0 aliphatic carbocycles. The maximum atomic E-state index is 12.5. The summed E-state index contributed by atoms with van der Waals surface area (Å²) in [5.74, 6) is 0.311. The van der Waals surface area contributed by atoms with E-state index in [1.54, 1.807) is 0 Å². The fraction of sp³-hybridized carbons (Fsp3) is 0.391. The van der Waals surface area contributed by atoms with Crippen LogP contribution >= 0.6 is 0 Å². The fourth-order valence-corrected chi connectivity index (χ4v) is 4.27. The molecule has 0 bridgehead atoms. The van der Waals surface area contributed by atoms with Gasteiger partial charge in [-0.1, -0.05) is 48.6 Å². The number of benzene rings is 1. The molecule has 27 heavy (non-hydrogen) atoms. The summed E-state index contributed by atoms with van der Waals surface area (Å²) < 4.78 is 0. The van der Waals surface area contributed by atoms with Crippen LogP contribution in [-0.4, -0.2) is 46.9 Å². The molecular formula is C23H27N3O. The average molecular weight is 361 g/mol. The third-order valence-electron chi connectivity index (χ3n) is 5.87. The number of carbonyl (C=O) groups is 1. The summed E-state index contributed by atoms with van der Waals surface area (Å²) in [7, 11) is 0. The second kappa shape index (κ2) is 8.05. The van der Waals surface area contributed by atoms with E-state index in [4.69, 9.17) is 0 Å². The molecular weight excluding hydrogens is 334 g/mol. The first kappa shape index (κ1) is 17.9. The number of nitrogens with zero attached hydrogens (tertiary/aromatic N) is 3. The summed E-state index contributed by atoms with van der Waals surface area (Å²) in [6.07, 6.45) is 8.99. The summed E-state index contributed by atoms with van der Waals surface area (Å²) >= 11 is 0. The Morgan fingerprint density at radius 1 is 1.04 bits per heavy atom. The van der Waals surface area contributed by atoms with Crippen molar-refractivity contribution in [3.05, 3.63) is 72.1 Å². The zero-order chi connectivity index (χ0) is 18.5. The molecule has 2 saturated heterocycles. The summed E-state index contributed by atoms with van der Waals surface area (Å²) in [5, 5.41) is 0. The highest BCUT2D eigenvalue weighted by Crippen LogP contribution is 2.41. The molecule has 140 valence electrons. The van der Waals surface area contributed by atoms with E-state index in [1.165, 1.54) is 5.56 Å². The molecule has 2 aliphatic heterocycles. The van der Waals surface area contributed by atoms with Gasteiger partial charge in [-0.15, -0.1) is 0 Å². The summed E-state index contributed by atoms with van der Waals surface area (Å²) in [5.41, 5.74) is 2.49. The predicted octanol–water partition coefficient (Wildman–Crippen LogP) is 3.61. The first-order valence-corrected chi connectivity index (χ1v) is 9.84. The highest BCUT2D eigenvalue weighted by molar-refractivity contribution is 5.79. The Morgan fingerprint density at radius 2 is 1.81 bits per heavy atom. The molecule has 2 aliphatic rings. The molecule has 0 saturated carbocycles. The topological polar surface area (TPSA) is 36.4 Å². The van der Waals surface area contributed by atoms with Crippen molar-refractivity contribution in [2.75, 3.05) is 26.2 Å². The third kappa shape index (κ3) is 4.45. The Bertz CT molecular complexity index is 780. The number of rotatable bonds is 5. The Hall–Kier alpha value is -2.46. The minimum Gasteiger partial charge on any atom is -0.338 e. The number of piperidine rings is 1. The van der Waals surface area contributed by atoms with E-state index in [1.807, 2.05) is 41.4 Å². The Morgan fingerprint density at radius 3 is 2.56 bits per heavy atom. The maximum Gasteiger partial charge on any atom is 0.223 e. The predicted molar refractivity (Wildman–Crippen MR) is 108 cm³/mol. The molecule has 2 aromatic rings. The van der Waals surface area contributed by atoms with Crippen molar-refractivity contribution in [2.24, 2.45) is 5.41 Å². The lowest BCUT2D eigenvalue weighted by atomic mass is 9.77. The minimum absolute atomic E-state index is 0.179. The first-order valence-electron chi connectivity index (χ1n) is 9.84. The average Bonchev–Trinajstić information content (AvgIpc) is 3.01. The van der Waals surface area contributed by atoms with Crippen molar-refractivity contribution >= 4 is 12.0 Å². The van der Waals surface area contributed by atoms with Crippen molar-refractivity contribution in [2.45, 2.75) is 25.8 Å². The molecule has 4 rings (SSSR count). The van der Waals surface area contributed by atoms with E-state index < -0.39 is 0 Å². The second-order valence-electron chi connectivity index (χ2n) is 7.86. The number of pyridine rings is 1. The number of amides is 1. The molecule has 1 aromatic carbocycles. The monoisotopic (exact) mass is 361 g/mol. The van der Waals surface area contributed by atoms with Crippen LogP contribution in [0.4, 0.5) is 0 Å². The molecule has 3 heterocycles. The van der Waals surface area contributed by atoms with Gasteiger partial charge in [0.05, 0.1) is 5.69 Å². The van der Waals surface area contributed by atoms with Crippen LogP contribution in [0, 0.1) is 5.41 Å². The molecule has 1 amide bonds. The summed E-state index contributed by atoms with van der Waals surface area (Å²) in [4.78, 5) is 21.5. The van der Waals surface area contributed by atoms with Gasteiger partial charge in [-0.2, -0.15) is 0 Å². The van der Waals surface area contributed by atoms with Gasteiger partial charge in [0.2, 0.25) is 5.91 Å². The zero-order valence-corrected chi connectivity index (χ0v) is 15.8. The summed E-state index contributed by atoms with van der Waals surface area (Å²) in [6, 6.07) is 16.4. The minimum atomic E-state index is 0.179. The molecule has 2 fully saturated rings. The van der Waals surface area contributed by atoms with Crippen LogP contribution in [0.5, 0.6) is 0 Å². The van der Waals surface area contributed by atoms with Gasteiger partial charge < -0.3 is 4.90 Å². The van der Waals surface area contributed by atoms with Gasteiger partial charge in [-0.3, -0.25) is 14.7 Å². The van der Waals surface area contributed by atoms with Crippen LogP contribution in [0.1, 0.15) is 30.5 Å². The highest BCUT2D eigenvalue weighted by atomic mass is 16.2. The van der Waals surface area contributed by atoms with Gasteiger partial charge in [0.25, 0.3) is 0 Å².